The fourth-order valence-electron chi connectivity index (χ4n) is 3.82. The molecule has 5 nitrogen and oxygen atoms in total. The van der Waals surface area contributed by atoms with E-state index in [1.807, 2.05) is 6.07 Å². The number of hydrogen-bond acceptors (Lipinski definition) is 3. The summed E-state index contributed by atoms with van der Waals surface area (Å²) in [4.78, 5) is 24.5. The van der Waals surface area contributed by atoms with Crippen molar-refractivity contribution in [2.24, 2.45) is 0 Å². The van der Waals surface area contributed by atoms with Crippen LogP contribution in [0.3, 0.4) is 0 Å². The van der Waals surface area contributed by atoms with Gasteiger partial charge in [-0.2, -0.15) is 0 Å². The number of hydrogen-bond donors (Lipinski definition) is 2. The van der Waals surface area contributed by atoms with E-state index in [1.165, 1.54) is 12.1 Å². The minimum Gasteiger partial charge on any atom is -0.480 e. The smallest absolute Gasteiger partial charge is 0.326 e. The van der Waals surface area contributed by atoms with Crippen LogP contribution in [-0.2, 0) is 11.2 Å². The number of carbonyl (C=O) groups is 2. The number of aliphatic carboxylic acids is 1. The summed E-state index contributed by atoms with van der Waals surface area (Å²) in [5.74, 6) is -2.87. The highest BCUT2D eigenvalue weighted by Crippen LogP contribution is 2.35. The lowest BCUT2D eigenvalue weighted by atomic mass is 10.0. The number of carboxylic acid groups (broad SMARTS) is 1. The number of amides is 1. The maximum atomic E-state index is 15.2. The Kier molecular flexibility index (Phi) is 8.89. The molecule has 0 aromatic heterocycles. The Morgan fingerprint density at radius 1 is 0.868 bits per heavy atom. The SMILES string of the molecule is O=C(NC(Cc1ccccc1)C(=O)O)c1ccc(OC(c2ccc(Cl)cc2)c2ccc(Cl)cc2Cl)c(F)c1. The van der Waals surface area contributed by atoms with Gasteiger partial charge in [-0.1, -0.05) is 83.3 Å². The maximum Gasteiger partial charge on any atom is 0.326 e. The zero-order valence-corrected chi connectivity index (χ0v) is 22.0. The molecule has 9 heteroatoms. The topological polar surface area (TPSA) is 75.6 Å². The van der Waals surface area contributed by atoms with Gasteiger partial charge in [-0.25, -0.2) is 9.18 Å². The molecule has 0 bridgehead atoms. The molecule has 2 unspecified atom stereocenters. The van der Waals surface area contributed by atoms with Crippen molar-refractivity contribution >= 4 is 46.7 Å². The van der Waals surface area contributed by atoms with Crippen molar-refractivity contribution in [3.05, 3.63) is 134 Å². The summed E-state index contributed by atoms with van der Waals surface area (Å²) in [5, 5.41) is 13.3. The zero-order chi connectivity index (χ0) is 27.2. The van der Waals surface area contributed by atoms with E-state index in [1.54, 1.807) is 66.7 Å². The maximum absolute atomic E-state index is 15.2. The Hall–Kier alpha value is -3.58. The molecule has 4 rings (SSSR count). The molecule has 2 atom stereocenters. The molecule has 0 aliphatic rings. The molecule has 0 saturated carbocycles. The Balaban J connectivity index is 1.57. The van der Waals surface area contributed by atoms with Gasteiger partial charge in [0.25, 0.3) is 5.91 Å². The van der Waals surface area contributed by atoms with E-state index < -0.39 is 29.8 Å². The third-order valence-corrected chi connectivity index (χ3v) is 6.56. The molecule has 0 radical (unpaired) electrons. The Morgan fingerprint density at radius 2 is 1.55 bits per heavy atom. The molecule has 2 N–H and O–H groups in total. The predicted octanol–water partition coefficient (Wildman–Crippen LogP) is 7.38. The zero-order valence-electron chi connectivity index (χ0n) is 19.7. The fraction of sp³-hybridized carbons (Fsp3) is 0.103. The molecular weight excluding hydrogens is 552 g/mol. The standard InChI is InChI=1S/C29H21Cl3FNO4/c30-20-9-6-18(7-10-20)27(22-12-11-21(31)16-23(22)32)38-26-13-8-19(15-24(26)33)28(35)34-25(29(36)37)14-17-4-2-1-3-5-17/h1-13,15-16,25,27H,14H2,(H,34,35)(H,36,37). The number of nitrogens with one attached hydrogen (secondary N) is 1. The van der Waals surface area contributed by atoms with E-state index in [0.717, 1.165) is 11.6 Å². The number of ether oxygens (including phenoxy) is 1. The fourth-order valence-corrected chi connectivity index (χ4v) is 4.45. The van der Waals surface area contributed by atoms with Gasteiger partial charge in [-0.3, -0.25) is 4.79 Å². The van der Waals surface area contributed by atoms with Crippen molar-refractivity contribution < 1.29 is 23.8 Å². The summed E-state index contributed by atoms with van der Waals surface area (Å²) < 4.78 is 21.2. The van der Waals surface area contributed by atoms with Crippen LogP contribution in [-0.4, -0.2) is 23.0 Å². The van der Waals surface area contributed by atoms with Crippen LogP contribution in [0.25, 0.3) is 0 Å². The quantitative estimate of drug-likeness (QED) is 0.219. The molecule has 4 aromatic rings. The van der Waals surface area contributed by atoms with Gasteiger partial charge in [0, 0.05) is 32.6 Å². The molecule has 194 valence electrons. The lowest BCUT2D eigenvalue weighted by Gasteiger charge is -2.22. The molecular formula is C29H21Cl3FNO4. The van der Waals surface area contributed by atoms with Crippen LogP contribution in [0.5, 0.6) is 5.75 Å². The molecule has 0 fully saturated rings. The minimum absolute atomic E-state index is 0.0540. The Morgan fingerprint density at radius 3 is 2.18 bits per heavy atom. The summed E-state index contributed by atoms with van der Waals surface area (Å²) in [6.07, 6.45) is -0.732. The van der Waals surface area contributed by atoms with Gasteiger partial charge in [-0.05, 0) is 53.6 Å². The van der Waals surface area contributed by atoms with Crippen molar-refractivity contribution in [1.29, 1.82) is 0 Å². The van der Waals surface area contributed by atoms with E-state index in [-0.39, 0.29) is 17.7 Å². The van der Waals surface area contributed by atoms with Crippen LogP contribution in [0.15, 0.2) is 91.0 Å². The van der Waals surface area contributed by atoms with E-state index in [0.29, 0.717) is 26.2 Å². The van der Waals surface area contributed by atoms with Crippen LogP contribution in [0.4, 0.5) is 4.39 Å². The lowest BCUT2D eigenvalue weighted by Crippen LogP contribution is -2.42. The first kappa shape index (κ1) is 27.5. The summed E-state index contributed by atoms with van der Waals surface area (Å²) in [6, 6.07) is 23.1. The third-order valence-electron chi connectivity index (χ3n) is 5.74. The second kappa shape index (κ2) is 12.3. The highest BCUT2D eigenvalue weighted by Gasteiger charge is 2.24. The van der Waals surface area contributed by atoms with Gasteiger partial charge in [-0.15, -0.1) is 0 Å². The van der Waals surface area contributed by atoms with E-state index in [9.17, 15) is 14.7 Å². The largest absolute Gasteiger partial charge is 0.480 e. The number of rotatable bonds is 9. The minimum atomic E-state index is -1.20. The molecule has 0 saturated heterocycles. The molecule has 38 heavy (non-hydrogen) atoms. The molecule has 0 aliphatic heterocycles. The van der Waals surface area contributed by atoms with E-state index in [4.69, 9.17) is 39.5 Å². The van der Waals surface area contributed by atoms with Gasteiger partial charge in [0.15, 0.2) is 17.7 Å². The Labute approximate surface area is 233 Å². The molecule has 0 spiro atoms. The Bertz CT molecular complexity index is 1450. The van der Waals surface area contributed by atoms with Crippen molar-refractivity contribution in [3.63, 3.8) is 0 Å². The average Bonchev–Trinajstić information content (AvgIpc) is 2.89. The second-order valence-electron chi connectivity index (χ2n) is 8.41. The molecule has 1 amide bonds. The van der Waals surface area contributed by atoms with Crippen LogP contribution in [0.2, 0.25) is 15.1 Å². The van der Waals surface area contributed by atoms with Gasteiger partial charge in [0.05, 0.1) is 0 Å². The van der Waals surface area contributed by atoms with Gasteiger partial charge in [0.1, 0.15) is 6.04 Å². The highest BCUT2D eigenvalue weighted by molar-refractivity contribution is 6.35. The van der Waals surface area contributed by atoms with E-state index in [2.05, 4.69) is 5.32 Å². The van der Waals surface area contributed by atoms with Gasteiger partial charge < -0.3 is 15.2 Å². The summed E-state index contributed by atoms with van der Waals surface area (Å²) in [7, 11) is 0. The van der Waals surface area contributed by atoms with Gasteiger partial charge in [0.2, 0.25) is 0 Å². The van der Waals surface area contributed by atoms with Crippen LogP contribution < -0.4 is 10.1 Å². The van der Waals surface area contributed by atoms with Crippen LogP contribution in [0.1, 0.15) is 33.2 Å². The third kappa shape index (κ3) is 6.84. The number of benzene rings is 4. The molecule has 0 aliphatic carbocycles. The summed E-state index contributed by atoms with van der Waals surface area (Å²) in [5.41, 5.74) is 1.89. The summed E-state index contributed by atoms with van der Waals surface area (Å²) >= 11 is 18.5. The highest BCUT2D eigenvalue weighted by atomic mass is 35.5. The van der Waals surface area contributed by atoms with Crippen LogP contribution >= 0.6 is 34.8 Å². The predicted molar refractivity (Wildman–Crippen MR) is 146 cm³/mol. The van der Waals surface area contributed by atoms with Crippen molar-refractivity contribution in [3.8, 4) is 5.75 Å². The number of halogens is 4. The first-order valence-electron chi connectivity index (χ1n) is 11.5. The number of carboxylic acids is 1. The van der Waals surface area contributed by atoms with E-state index >= 15 is 4.39 Å². The van der Waals surface area contributed by atoms with Crippen LogP contribution in [0, 0.1) is 5.82 Å². The number of carbonyl (C=O) groups excluding carboxylic acids is 1. The first-order chi connectivity index (χ1) is 18.2. The molecule has 0 heterocycles. The summed E-state index contributed by atoms with van der Waals surface area (Å²) in [6.45, 7) is 0. The monoisotopic (exact) mass is 571 g/mol. The first-order valence-corrected chi connectivity index (χ1v) is 12.6. The average molecular weight is 573 g/mol. The lowest BCUT2D eigenvalue weighted by molar-refractivity contribution is -0.139. The van der Waals surface area contributed by atoms with Crippen molar-refractivity contribution in [2.45, 2.75) is 18.6 Å². The van der Waals surface area contributed by atoms with Crippen molar-refractivity contribution in [2.75, 3.05) is 0 Å². The second-order valence-corrected chi connectivity index (χ2v) is 9.69. The molecule has 4 aromatic carbocycles. The van der Waals surface area contributed by atoms with Gasteiger partial charge >= 0.3 is 5.97 Å². The normalized spacial score (nSPS) is 12.4. The van der Waals surface area contributed by atoms with Crippen molar-refractivity contribution in [1.82, 2.24) is 5.32 Å².